The second-order valence-electron chi connectivity index (χ2n) is 8.29. The van der Waals surface area contributed by atoms with Crippen molar-refractivity contribution in [2.75, 3.05) is 26.2 Å². The van der Waals surface area contributed by atoms with Crippen molar-refractivity contribution in [1.82, 2.24) is 15.5 Å². The first-order valence-electron chi connectivity index (χ1n) is 11.7. The van der Waals surface area contributed by atoms with E-state index in [0.29, 0.717) is 19.1 Å². The fraction of sp³-hybridized carbons (Fsp3) is 0.667. The second-order valence-corrected chi connectivity index (χ2v) is 8.29. The fourth-order valence-electron chi connectivity index (χ4n) is 4.19. The molecule has 1 saturated carbocycles. The van der Waals surface area contributed by atoms with Crippen LogP contribution in [0.25, 0.3) is 0 Å². The molecule has 0 spiro atoms. The number of amides is 1. The Balaban J connectivity index is 1.29. The highest BCUT2D eigenvalue weighted by atomic mass is 16.5. The Morgan fingerprint density at radius 1 is 1.10 bits per heavy atom. The van der Waals surface area contributed by atoms with Gasteiger partial charge in [0.2, 0.25) is 5.91 Å². The molecular weight excluding hydrogens is 376 g/mol. The summed E-state index contributed by atoms with van der Waals surface area (Å²) in [7, 11) is 0. The predicted octanol–water partition coefficient (Wildman–Crippen LogP) is 3.60. The number of ether oxygens (including phenoxy) is 1. The molecule has 6 heteroatoms. The molecule has 1 aliphatic carbocycles. The minimum atomic E-state index is 0.222. The Labute approximate surface area is 181 Å². The molecule has 0 unspecified atom stereocenters. The largest absolute Gasteiger partial charge is 0.378 e. The van der Waals surface area contributed by atoms with Gasteiger partial charge in [-0.15, -0.1) is 0 Å². The molecule has 166 valence electrons. The number of carbonyl (C=O) groups is 1. The molecule has 6 nitrogen and oxygen atoms in total. The van der Waals surface area contributed by atoms with Gasteiger partial charge in [-0.25, -0.2) is 0 Å². The van der Waals surface area contributed by atoms with Crippen LogP contribution in [-0.4, -0.2) is 49.1 Å². The molecule has 3 rings (SSSR count). The topological polar surface area (TPSA) is 66.0 Å². The van der Waals surface area contributed by atoms with Crippen molar-refractivity contribution in [3.8, 4) is 0 Å². The van der Waals surface area contributed by atoms with E-state index in [4.69, 9.17) is 4.74 Å². The molecule has 1 heterocycles. The standard InChI is InChI=1S/C24H38N4O2/c1-2-25-24(27-16-9-17-30-22-12-4-3-5-13-22)26-15-8-14-23(29)28-18-20-10-6-7-11-21(20)19-28/h6-7,10-11,22H,2-5,8-9,12-19H2,1H3,(H2,25,26,27). The van der Waals surface area contributed by atoms with Crippen LogP contribution in [0.15, 0.2) is 29.3 Å². The molecule has 0 aromatic heterocycles. The highest BCUT2D eigenvalue weighted by Gasteiger charge is 2.22. The summed E-state index contributed by atoms with van der Waals surface area (Å²) >= 11 is 0. The predicted molar refractivity (Wildman–Crippen MR) is 121 cm³/mol. The first-order valence-corrected chi connectivity index (χ1v) is 11.7. The third-order valence-corrected chi connectivity index (χ3v) is 5.88. The minimum absolute atomic E-state index is 0.222. The highest BCUT2D eigenvalue weighted by molar-refractivity contribution is 5.80. The lowest BCUT2D eigenvalue weighted by Crippen LogP contribution is -2.38. The van der Waals surface area contributed by atoms with Crippen molar-refractivity contribution >= 4 is 11.9 Å². The number of rotatable bonds is 10. The fourth-order valence-corrected chi connectivity index (χ4v) is 4.19. The van der Waals surface area contributed by atoms with Gasteiger partial charge in [-0.1, -0.05) is 43.5 Å². The van der Waals surface area contributed by atoms with E-state index in [0.717, 1.165) is 51.6 Å². The number of carbonyl (C=O) groups excluding carboxylic acids is 1. The third kappa shape index (κ3) is 7.31. The van der Waals surface area contributed by atoms with E-state index in [9.17, 15) is 4.79 Å². The quantitative estimate of drug-likeness (QED) is 0.349. The Morgan fingerprint density at radius 3 is 2.53 bits per heavy atom. The van der Waals surface area contributed by atoms with Crippen LogP contribution in [0.1, 0.15) is 69.4 Å². The number of guanidine groups is 1. The number of hydrogen-bond donors (Lipinski definition) is 2. The number of nitrogens with one attached hydrogen (secondary N) is 2. The van der Waals surface area contributed by atoms with E-state index < -0.39 is 0 Å². The van der Waals surface area contributed by atoms with Crippen LogP contribution < -0.4 is 10.6 Å². The van der Waals surface area contributed by atoms with Gasteiger partial charge in [0, 0.05) is 45.8 Å². The molecular formula is C24H38N4O2. The van der Waals surface area contributed by atoms with E-state index in [2.05, 4.69) is 34.7 Å². The normalized spacial score (nSPS) is 17.1. The molecule has 1 aromatic rings. The van der Waals surface area contributed by atoms with Gasteiger partial charge in [-0.3, -0.25) is 9.79 Å². The minimum Gasteiger partial charge on any atom is -0.378 e. The Morgan fingerprint density at radius 2 is 1.83 bits per heavy atom. The lowest BCUT2D eigenvalue weighted by molar-refractivity contribution is -0.131. The smallest absolute Gasteiger partial charge is 0.223 e. The summed E-state index contributed by atoms with van der Waals surface area (Å²) in [5, 5.41) is 6.66. The Bertz CT molecular complexity index is 661. The second kappa shape index (κ2) is 12.6. The maximum Gasteiger partial charge on any atom is 0.223 e. The molecule has 0 saturated heterocycles. The summed E-state index contributed by atoms with van der Waals surface area (Å²) in [5.41, 5.74) is 2.55. The lowest BCUT2D eigenvalue weighted by Gasteiger charge is -2.22. The maximum absolute atomic E-state index is 12.5. The van der Waals surface area contributed by atoms with Crippen molar-refractivity contribution in [3.05, 3.63) is 35.4 Å². The first kappa shape index (κ1) is 22.6. The average Bonchev–Trinajstić information content (AvgIpc) is 3.21. The molecule has 1 aliphatic heterocycles. The Hall–Kier alpha value is -2.08. The summed E-state index contributed by atoms with van der Waals surface area (Å²) in [4.78, 5) is 19.1. The van der Waals surface area contributed by atoms with Crippen molar-refractivity contribution < 1.29 is 9.53 Å². The van der Waals surface area contributed by atoms with Crippen LogP contribution in [0.5, 0.6) is 0 Å². The average molecular weight is 415 g/mol. The van der Waals surface area contributed by atoms with Crippen LogP contribution in [-0.2, 0) is 22.6 Å². The van der Waals surface area contributed by atoms with Gasteiger partial charge in [-0.05, 0) is 43.7 Å². The van der Waals surface area contributed by atoms with Crippen LogP contribution in [0.4, 0.5) is 0 Å². The zero-order valence-corrected chi connectivity index (χ0v) is 18.5. The maximum atomic E-state index is 12.5. The van der Waals surface area contributed by atoms with Gasteiger partial charge >= 0.3 is 0 Å². The zero-order valence-electron chi connectivity index (χ0n) is 18.5. The summed E-state index contributed by atoms with van der Waals surface area (Å²) in [6.07, 6.45) is 9.21. The lowest BCUT2D eigenvalue weighted by atomic mass is 9.98. The SMILES string of the molecule is CCNC(=NCCCC(=O)N1Cc2ccccc2C1)NCCCOC1CCCCC1. The zero-order chi connectivity index (χ0) is 21.0. The number of aliphatic imine (C=N–C) groups is 1. The van der Waals surface area contributed by atoms with Crippen molar-refractivity contribution in [1.29, 1.82) is 0 Å². The summed E-state index contributed by atoms with van der Waals surface area (Å²) < 4.78 is 5.98. The van der Waals surface area contributed by atoms with Gasteiger partial charge in [0.05, 0.1) is 6.10 Å². The molecule has 0 bridgehead atoms. The number of fused-ring (bicyclic) bond motifs is 1. The molecule has 1 fully saturated rings. The summed E-state index contributed by atoms with van der Waals surface area (Å²) in [6.45, 7) is 6.69. The summed E-state index contributed by atoms with van der Waals surface area (Å²) in [5.74, 6) is 1.05. The van der Waals surface area contributed by atoms with E-state index in [1.807, 2.05) is 17.0 Å². The van der Waals surface area contributed by atoms with Crippen LogP contribution in [0.2, 0.25) is 0 Å². The van der Waals surface area contributed by atoms with E-state index >= 15 is 0 Å². The molecule has 30 heavy (non-hydrogen) atoms. The van der Waals surface area contributed by atoms with Crippen molar-refractivity contribution in [3.63, 3.8) is 0 Å². The van der Waals surface area contributed by atoms with Gasteiger partial charge in [0.25, 0.3) is 0 Å². The van der Waals surface area contributed by atoms with Gasteiger partial charge in [-0.2, -0.15) is 0 Å². The Kier molecular flexibility index (Phi) is 9.48. The van der Waals surface area contributed by atoms with Crippen LogP contribution in [0, 0.1) is 0 Å². The van der Waals surface area contributed by atoms with Crippen molar-refractivity contribution in [2.24, 2.45) is 4.99 Å². The number of hydrogen-bond acceptors (Lipinski definition) is 3. The van der Waals surface area contributed by atoms with Gasteiger partial charge in [0.15, 0.2) is 5.96 Å². The van der Waals surface area contributed by atoms with Gasteiger partial charge < -0.3 is 20.3 Å². The van der Waals surface area contributed by atoms with Crippen LogP contribution in [0.3, 0.4) is 0 Å². The number of benzene rings is 1. The van der Waals surface area contributed by atoms with E-state index in [1.165, 1.54) is 43.2 Å². The van der Waals surface area contributed by atoms with E-state index in [-0.39, 0.29) is 5.91 Å². The molecule has 2 aliphatic rings. The molecule has 0 atom stereocenters. The van der Waals surface area contributed by atoms with Crippen molar-refractivity contribution in [2.45, 2.75) is 77.5 Å². The van der Waals surface area contributed by atoms with Crippen LogP contribution >= 0.6 is 0 Å². The summed E-state index contributed by atoms with van der Waals surface area (Å²) in [6, 6.07) is 8.31. The monoisotopic (exact) mass is 414 g/mol. The highest BCUT2D eigenvalue weighted by Crippen LogP contribution is 2.23. The number of nitrogens with zero attached hydrogens (tertiary/aromatic N) is 2. The molecule has 1 aromatic carbocycles. The molecule has 2 N–H and O–H groups in total. The van der Waals surface area contributed by atoms with E-state index in [1.54, 1.807) is 0 Å². The van der Waals surface area contributed by atoms with Gasteiger partial charge in [0.1, 0.15) is 0 Å². The molecule has 1 amide bonds. The molecule has 0 radical (unpaired) electrons. The first-order chi connectivity index (χ1) is 14.8. The third-order valence-electron chi connectivity index (χ3n) is 5.88.